The Morgan fingerprint density at radius 1 is 1.28 bits per heavy atom. The van der Waals surface area contributed by atoms with Crippen molar-refractivity contribution in [3.05, 3.63) is 29.3 Å². The summed E-state index contributed by atoms with van der Waals surface area (Å²) in [5.74, 6) is 0.0966. The number of halogens is 1. The van der Waals surface area contributed by atoms with Gasteiger partial charge in [-0.3, -0.25) is 10.1 Å². The Bertz CT molecular complexity index is 891. The predicted octanol–water partition coefficient (Wildman–Crippen LogP) is 1.74. The number of hydrogen-bond donors (Lipinski definition) is 3. The van der Waals surface area contributed by atoms with E-state index in [2.05, 4.69) is 30.7 Å². The Morgan fingerprint density at radius 2 is 2.07 bits per heavy atom. The lowest BCUT2D eigenvalue weighted by molar-refractivity contribution is -0.123. The molecule has 3 N–H and O–H groups in total. The fourth-order valence-electron chi connectivity index (χ4n) is 3.32. The zero-order valence-electron chi connectivity index (χ0n) is 15.7. The van der Waals surface area contributed by atoms with E-state index in [1.54, 1.807) is 12.1 Å². The molecule has 1 fully saturated rings. The van der Waals surface area contributed by atoms with Crippen LogP contribution < -0.4 is 10.0 Å². The number of anilines is 1. The number of aromatic amines is 1. The second kappa shape index (κ2) is 10.1. The zero-order chi connectivity index (χ0) is 20.7. The number of H-pyrrole nitrogens is 1. The van der Waals surface area contributed by atoms with E-state index in [-0.39, 0.29) is 29.5 Å². The highest BCUT2D eigenvalue weighted by Crippen LogP contribution is 2.28. The SMILES string of the molecule is O=C(COC1CCCC(CCNS(=O)(=O)c2ccc(Cl)cc2)C1)Nc1nn[nH]n1. The molecule has 0 radical (unpaired) electrons. The maximum absolute atomic E-state index is 12.3. The lowest BCUT2D eigenvalue weighted by atomic mass is 9.85. The normalized spacial score (nSPS) is 19.8. The number of hydrogen-bond acceptors (Lipinski definition) is 7. The highest BCUT2D eigenvalue weighted by atomic mass is 35.5. The van der Waals surface area contributed by atoms with E-state index in [0.29, 0.717) is 23.9 Å². The van der Waals surface area contributed by atoms with Gasteiger partial charge in [0.15, 0.2) is 0 Å². The van der Waals surface area contributed by atoms with E-state index in [1.165, 1.54) is 12.1 Å². The summed E-state index contributed by atoms with van der Waals surface area (Å²) in [7, 11) is -3.55. The number of ether oxygens (including phenoxy) is 1. The second-order valence-electron chi connectivity index (χ2n) is 6.89. The number of benzene rings is 1. The third-order valence-corrected chi connectivity index (χ3v) is 6.48. The van der Waals surface area contributed by atoms with Crippen molar-refractivity contribution >= 4 is 33.5 Å². The Balaban J connectivity index is 1.39. The number of carbonyl (C=O) groups excluding carboxylic acids is 1. The minimum absolute atomic E-state index is 0.0300. The van der Waals surface area contributed by atoms with Gasteiger partial charge >= 0.3 is 0 Å². The third kappa shape index (κ3) is 6.74. The van der Waals surface area contributed by atoms with Crippen molar-refractivity contribution in [3.8, 4) is 0 Å². The monoisotopic (exact) mass is 442 g/mol. The Hall–Kier alpha value is -2.08. The Morgan fingerprint density at radius 3 is 2.79 bits per heavy atom. The molecule has 2 unspecified atom stereocenters. The highest BCUT2D eigenvalue weighted by Gasteiger charge is 2.24. The largest absolute Gasteiger partial charge is 0.368 e. The number of nitrogens with zero attached hydrogens (tertiary/aromatic N) is 3. The van der Waals surface area contributed by atoms with E-state index in [1.807, 2.05) is 0 Å². The highest BCUT2D eigenvalue weighted by molar-refractivity contribution is 7.89. The molecule has 3 rings (SSSR count). The van der Waals surface area contributed by atoms with Crippen LogP contribution in [0.1, 0.15) is 32.1 Å². The first kappa shape index (κ1) is 21.6. The van der Waals surface area contributed by atoms with E-state index >= 15 is 0 Å². The molecule has 2 atom stereocenters. The van der Waals surface area contributed by atoms with Crippen molar-refractivity contribution in [1.82, 2.24) is 25.3 Å². The first-order valence-electron chi connectivity index (χ1n) is 9.32. The lowest BCUT2D eigenvalue weighted by Crippen LogP contribution is -2.30. The molecule has 1 aromatic heterocycles. The summed E-state index contributed by atoms with van der Waals surface area (Å²) in [6.07, 6.45) is 4.34. The number of carbonyl (C=O) groups is 1. The van der Waals surface area contributed by atoms with Crippen LogP contribution in [0.2, 0.25) is 5.02 Å². The van der Waals surface area contributed by atoms with Crippen LogP contribution in [0.4, 0.5) is 5.95 Å². The molecule has 158 valence electrons. The standard InChI is InChI=1S/C17H23ClN6O4S/c18-13-4-6-15(7-5-13)29(26,27)19-9-8-12-2-1-3-14(10-12)28-11-16(25)20-17-21-23-24-22-17/h4-7,12,14,19H,1-3,8-11H2,(H2,20,21,22,23,24,25). The van der Waals surface area contributed by atoms with Crippen molar-refractivity contribution in [2.75, 3.05) is 18.5 Å². The topological polar surface area (TPSA) is 139 Å². The van der Waals surface area contributed by atoms with Crippen LogP contribution in [0.5, 0.6) is 0 Å². The Kier molecular flexibility index (Phi) is 7.53. The number of sulfonamides is 1. The fourth-order valence-corrected chi connectivity index (χ4v) is 4.49. The molecule has 1 aromatic carbocycles. The summed E-state index contributed by atoms with van der Waals surface area (Å²) in [6.45, 7) is 0.260. The summed E-state index contributed by atoms with van der Waals surface area (Å²) in [6, 6.07) is 6.06. The van der Waals surface area contributed by atoms with Crippen molar-refractivity contribution in [2.45, 2.75) is 43.1 Å². The van der Waals surface area contributed by atoms with Gasteiger partial charge in [0.2, 0.25) is 10.0 Å². The first-order valence-corrected chi connectivity index (χ1v) is 11.2. The van der Waals surface area contributed by atoms with Gasteiger partial charge in [-0.1, -0.05) is 29.5 Å². The maximum Gasteiger partial charge on any atom is 0.269 e. The van der Waals surface area contributed by atoms with Gasteiger partial charge < -0.3 is 4.74 Å². The quantitative estimate of drug-likeness (QED) is 0.537. The average molecular weight is 443 g/mol. The lowest BCUT2D eigenvalue weighted by Gasteiger charge is -2.29. The number of amides is 1. The van der Waals surface area contributed by atoms with Gasteiger partial charge in [0.25, 0.3) is 11.9 Å². The van der Waals surface area contributed by atoms with Crippen molar-refractivity contribution < 1.29 is 17.9 Å². The van der Waals surface area contributed by atoms with Crippen LogP contribution >= 0.6 is 11.6 Å². The van der Waals surface area contributed by atoms with Crippen LogP contribution in [-0.4, -0.2) is 54.2 Å². The van der Waals surface area contributed by atoms with Gasteiger partial charge in [0.05, 0.1) is 11.0 Å². The van der Waals surface area contributed by atoms with Crippen molar-refractivity contribution in [3.63, 3.8) is 0 Å². The number of tetrazole rings is 1. The molecule has 12 heteroatoms. The third-order valence-electron chi connectivity index (χ3n) is 4.75. The van der Waals surface area contributed by atoms with Gasteiger partial charge in [0, 0.05) is 11.6 Å². The molecule has 1 amide bonds. The maximum atomic E-state index is 12.3. The summed E-state index contributed by atoms with van der Waals surface area (Å²) in [5, 5.41) is 15.9. The summed E-state index contributed by atoms with van der Waals surface area (Å²) < 4.78 is 33.0. The molecule has 1 saturated carbocycles. The molecule has 0 saturated heterocycles. The van der Waals surface area contributed by atoms with Crippen LogP contribution in [-0.2, 0) is 19.6 Å². The minimum atomic E-state index is -3.55. The van der Waals surface area contributed by atoms with E-state index in [9.17, 15) is 13.2 Å². The fraction of sp³-hybridized carbons (Fsp3) is 0.529. The summed E-state index contributed by atoms with van der Waals surface area (Å²) >= 11 is 5.80. The van der Waals surface area contributed by atoms with Gasteiger partial charge in [0.1, 0.15) is 6.61 Å². The van der Waals surface area contributed by atoms with E-state index in [4.69, 9.17) is 16.3 Å². The molecular formula is C17H23ClN6O4S. The first-order chi connectivity index (χ1) is 13.9. The summed E-state index contributed by atoms with van der Waals surface area (Å²) in [4.78, 5) is 12.0. The molecule has 10 nitrogen and oxygen atoms in total. The molecule has 29 heavy (non-hydrogen) atoms. The number of nitrogens with one attached hydrogen (secondary N) is 3. The molecular weight excluding hydrogens is 420 g/mol. The molecule has 0 aliphatic heterocycles. The van der Waals surface area contributed by atoms with Crippen LogP contribution in [0.3, 0.4) is 0 Å². The predicted molar refractivity (Wildman–Crippen MR) is 106 cm³/mol. The minimum Gasteiger partial charge on any atom is -0.368 e. The van der Waals surface area contributed by atoms with Crippen LogP contribution in [0.15, 0.2) is 29.2 Å². The molecule has 2 aromatic rings. The second-order valence-corrected chi connectivity index (χ2v) is 9.09. The molecule has 0 bridgehead atoms. The summed E-state index contributed by atoms with van der Waals surface area (Å²) in [5.41, 5.74) is 0. The van der Waals surface area contributed by atoms with Crippen molar-refractivity contribution in [1.29, 1.82) is 0 Å². The van der Waals surface area contributed by atoms with Gasteiger partial charge in [-0.15, -0.1) is 5.10 Å². The smallest absolute Gasteiger partial charge is 0.269 e. The van der Waals surface area contributed by atoms with E-state index in [0.717, 1.165) is 25.7 Å². The molecule has 1 heterocycles. The molecule has 1 aliphatic carbocycles. The molecule has 1 aliphatic rings. The van der Waals surface area contributed by atoms with Crippen LogP contribution in [0.25, 0.3) is 0 Å². The van der Waals surface area contributed by atoms with E-state index < -0.39 is 10.0 Å². The van der Waals surface area contributed by atoms with Gasteiger partial charge in [-0.25, -0.2) is 13.1 Å². The number of rotatable bonds is 9. The van der Waals surface area contributed by atoms with Crippen molar-refractivity contribution in [2.24, 2.45) is 5.92 Å². The number of aromatic nitrogens is 4. The Labute approximate surface area is 173 Å². The zero-order valence-corrected chi connectivity index (χ0v) is 17.2. The average Bonchev–Trinajstić information content (AvgIpc) is 3.20. The van der Waals surface area contributed by atoms with Crippen LogP contribution in [0, 0.1) is 5.92 Å². The van der Waals surface area contributed by atoms with Gasteiger partial charge in [-0.05, 0) is 54.7 Å². The van der Waals surface area contributed by atoms with Gasteiger partial charge in [-0.2, -0.15) is 5.21 Å². The molecule has 0 spiro atoms.